The largest absolute Gasteiger partial charge is 0.480 e. The van der Waals surface area contributed by atoms with E-state index in [1.54, 1.807) is 13.8 Å². The Morgan fingerprint density at radius 2 is 1.73 bits per heavy atom. The molecule has 0 aromatic heterocycles. The topological polar surface area (TPSA) is 26.3 Å². The second-order valence-electron chi connectivity index (χ2n) is 4.19. The molecular formula is C12H15ClO2. The van der Waals surface area contributed by atoms with Crippen molar-refractivity contribution in [3.8, 4) is 5.75 Å². The maximum atomic E-state index is 10.8. The second kappa shape index (κ2) is 4.23. The molecule has 0 fully saturated rings. The normalized spacial score (nSPS) is 11.3. The predicted molar refractivity (Wildman–Crippen MR) is 61.7 cm³/mol. The van der Waals surface area contributed by atoms with Crippen molar-refractivity contribution in [1.82, 2.24) is 0 Å². The van der Waals surface area contributed by atoms with Crippen molar-refractivity contribution in [2.75, 3.05) is 0 Å². The molecule has 0 aliphatic rings. The summed E-state index contributed by atoms with van der Waals surface area (Å²) in [6.07, 6.45) is 0.792. The summed E-state index contributed by atoms with van der Waals surface area (Å²) in [5.74, 6) is 0.733. The highest BCUT2D eigenvalue weighted by Gasteiger charge is 2.20. The van der Waals surface area contributed by atoms with Crippen LogP contribution in [0.3, 0.4) is 0 Å². The molecule has 1 aromatic carbocycles. The van der Waals surface area contributed by atoms with Gasteiger partial charge >= 0.3 is 0 Å². The Morgan fingerprint density at radius 1 is 1.27 bits per heavy atom. The van der Waals surface area contributed by atoms with E-state index in [1.165, 1.54) is 0 Å². The Labute approximate surface area is 95.2 Å². The lowest BCUT2D eigenvalue weighted by atomic mass is 10.1. The van der Waals surface area contributed by atoms with Gasteiger partial charge in [0.2, 0.25) is 0 Å². The van der Waals surface area contributed by atoms with Gasteiger partial charge in [0.05, 0.1) is 0 Å². The maximum Gasteiger partial charge on any atom is 0.162 e. The Kier molecular flexibility index (Phi) is 3.40. The first-order chi connectivity index (χ1) is 6.85. The average molecular weight is 227 g/mol. The van der Waals surface area contributed by atoms with Gasteiger partial charge in [-0.1, -0.05) is 11.6 Å². The van der Waals surface area contributed by atoms with Crippen LogP contribution >= 0.6 is 11.6 Å². The standard InChI is InChI=1S/C12H15ClO2/c1-8-5-10(13)6-9(2)11(8)15-12(3,4)7-14/h5-7H,1-4H3. The number of ether oxygens (including phenoxy) is 1. The van der Waals surface area contributed by atoms with E-state index in [0.717, 1.165) is 23.2 Å². The molecule has 1 aromatic rings. The number of benzene rings is 1. The fraction of sp³-hybridized carbons (Fsp3) is 0.417. The summed E-state index contributed by atoms with van der Waals surface area (Å²) < 4.78 is 5.64. The van der Waals surface area contributed by atoms with Gasteiger partial charge in [-0.15, -0.1) is 0 Å². The van der Waals surface area contributed by atoms with Crippen LogP contribution in [-0.4, -0.2) is 11.9 Å². The molecule has 0 saturated carbocycles. The van der Waals surface area contributed by atoms with Crippen LogP contribution in [0.4, 0.5) is 0 Å². The van der Waals surface area contributed by atoms with Crippen LogP contribution in [0.15, 0.2) is 12.1 Å². The van der Waals surface area contributed by atoms with Gasteiger partial charge in [0.25, 0.3) is 0 Å². The first-order valence-electron chi connectivity index (χ1n) is 4.78. The van der Waals surface area contributed by atoms with E-state index in [4.69, 9.17) is 16.3 Å². The number of carbonyl (C=O) groups excluding carboxylic acids is 1. The zero-order valence-corrected chi connectivity index (χ0v) is 10.2. The molecule has 0 unspecified atom stereocenters. The number of aryl methyl sites for hydroxylation is 2. The molecule has 0 bridgehead atoms. The van der Waals surface area contributed by atoms with Gasteiger partial charge in [0, 0.05) is 5.02 Å². The molecule has 3 heteroatoms. The first-order valence-corrected chi connectivity index (χ1v) is 5.15. The zero-order chi connectivity index (χ0) is 11.6. The smallest absolute Gasteiger partial charge is 0.162 e. The molecule has 0 aliphatic heterocycles. The van der Waals surface area contributed by atoms with Crippen LogP contribution in [0.25, 0.3) is 0 Å². The van der Waals surface area contributed by atoms with Gasteiger partial charge < -0.3 is 4.74 Å². The zero-order valence-electron chi connectivity index (χ0n) is 9.43. The van der Waals surface area contributed by atoms with Crippen molar-refractivity contribution in [2.24, 2.45) is 0 Å². The van der Waals surface area contributed by atoms with Crippen LogP contribution in [0.2, 0.25) is 5.02 Å². The summed E-state index contributed by atoms with van der Waals surface area (Å²) in [6, 6.07) is 3.65. The molecule has 15 heavy (non-hydrogen) atoms. The third-order valence-electron chi connectivity index (χ3n) is 2.07. The van der Waals surface area contributed by atoms with Crippen molar-refractivity contribution < 1.29 is 9.53 Å². The average Bonchev–Trinajstić information content (AvgIpc) is 2.11. The molecule has 2 nitrogen and oxygen atoms in total. The number of hydrogen-bond acceptors (Lipinski definition) is 2. The van der Waals surface area contributed by atoms with Crippen molar-refractivity contribution in [1.29, 1.82) is 0 Å². The van der Waals surface area contributed by atoms with E-state index >= 15 is 0 Å². The lowest BCUT2D eigenvalue weighted by Gasteiger charge is -2.22. The van der Waals surface area contributed by atoms with Crippen molar-refractivity contribution in [2.45, 2.75) is 33.3 Å². The summed E-state index contributed by atoms with van der Waals surface area (Å²) >= 11 is 5.90. The van der Waals surface area contributed by atoms with Crippen molar-refractivity contribution >= 4 is 17.9 Å². The molecular weight excluding hydrogens is 212 g/mol. The molecule has 0 heterocycles. The highest BCUT2D eigenvalue weighted by Crippen LogP contribution is 2.29. The highest BCUT2D eigenvalue weighted by molar-refractivity contribution is 6.30. The number of carbonyl (C=O) groups is 1. The third-order valence-corrected chi connectivity index (χ3v) is 2.29. The lowest BCUT2D eigenvalue weighted by molar-refractivity contribution is -0.119. The van der Waals surface area contributed by atoms with Crippen molar-refractivity contribution in [3.63, 3.8) is 0 Å². The Hall–Kier alpha value is -1.02. The SMILES string of the molecule is Cc1cc(Cl)cc(C)c1OC(C)(C)C=O. The molecule has 0 N–H and O–H groups in total. The van der Waals surface area contributed by atoms with Crippen LogP contribution in [0, 0.1) is 13.8 Å². The minimum absolute atomic E-state index is 0.682. The minimum Gasteiger partial charge on any atom is -0.480 e. The van der Waals surface area contributed by atoms with Gasteiger partial charge in [-0.2, -0.15) is 0 Å². The van der Waals surface area contributed by atoms with Crippen LogP contribution < -0.4 is 4.74 Å². The van der Waals surface area contributed by atoms with Crippen LogP contribution in [0.1, 0.15) is 25.0 Å². The van der Waals surface area contributed by atoms with Crippen LogP contribution in [-0.2, 0) is 4.79 Å². The second-order valence-corrected chi connectivity index (χ2v) is 4.63. The van der Waals surface area contributed by atoms with Crippen molar-refractivity contribution in [3.05, 3.63) is 28.3 Å². The Balaban J connectivity index is 3.10. The fourth-order valence-corrected chi connectivity index (χ4v) is 1.67. The quantitative estimate of drug-likeness (QED) is 0.740. The van der Waals surface area contributed by atoms with Crippen LogP contribution in [0.5, 0.6) is 5.75 Å². The highest BCUT2D eigenvalue weighted by atomic mass is 35.5. The monoisotopic (exact) mass is 226 g/mol. The maximum absolute atomic E-state index is 10.8. The van der Waals surface area contributed by atoms with E-state index in [-0.39, 0.29) is 0 Å². The Bertz CT molecular complexity index is 360. The lowest BCUT2D eigenvalue weighted by Crippen LogP contribution is -2.30. The number of rotatable bonds is 3. The molecule has 0 saturated heterocycles. The minimum atomic E-state index is -0.802. The van der Waals surface area contributed by atoms with E-state index in [9.17, 15) is 4.79 Å². The van der Waals surface area contributed by atoms with E-state index < -0.39 is 5.60 Å². The molecule has 0 spiro atoms. The summed E-state index contributed by atoms with van der Waals surface area (Å²) in [6.45, 7) is 7.28. The molecule has 82 valence electrons. The van der Waals surface area contributed by atoms with Gasteiger partial charge in [-0.25, -0.2) is 0 Å². The molecule has 1 rings (SSSR count). The van der Waals surface area contributed by atoms with E-state index in [0.29, 0.717) is 5.02 Å². The van der Waals surface area contributed by atoms with Gasteiger partial charge in [-0.05, 0) is 51.0 Å². The molecule has 0 aliphatic carbocycles. The van der Waals surface area contributed by atoms with Gasteiger partial charge in [-0.3, -0.25) is 4.79 Å². The number of aldehydes is 1. The number of hydrogen-bond donors (Lipinski definition) is 0. The van der Waals surface area contributed by atoms with E-state index in [2.05, 4.69) is 0 Å². The predicted octanol–water partition coefficient (Wildman–Crippen LogP) is 3.31. The molecule has 0 radical (unpaired) electrons. The third kappa shape index (κ3) is 2.96. The summed E-state index contributed by atoms with van der Waals surface area (Å²) in [5.41, 5.74) is 1.08. The number of halogens is 1. The fourth-order valence-electron chi connectivity index (χ4n) is 1.35. The Morgan fingerprint density at radius 3 is 2.13 bits per heavy atom. The van der Waals surface area contributed by atoms with Gasteiger partial charge in [0.1, 0.15) is 5.75 Å². The van der Waals surface area contributed by atoms with Gasteiger partial charge in [0.15, 0.2) is 11.9 Å². The summed E-state index contributed by atoms with van der Waals surface area (Å²) in [5, 5.41) is 0.682. The summed E-state index contributed by atoms with van der Waals surface area (Å²) in [7, 11) is 0. The van der Waals surface area contributed by atoms with E-state index in [1.807, 2.05) is 26.0 Å². The summed E-state index contributed by atoms with van der Waals surface area (Å²) in [4.78, 5) is 10.8. The molecule has 0 atom stereocenters. The molecule has 0 amide bonds. The first kappa shape index (κ1) is 12.1.